The molecule has 0 atom stereocenters. The summed E-state index contributed by atoms with van der Waals surface area (Å²) in [5.74, 6) is -0.716. The minimum atomic E-state index is -0.341. The van der Waals surface area contributed by atoms with Gasteiger partial charge in [0.15, 0.2) is 13.1 Å². The van der Waals surface area contributed by atoms with Crippen molar-refractivity contribution in [1.82, 2.24) is 10.6 Å². The lowest BCUT2D eigenvalue weighted by Gasteiger charge is -2.05. The van der Waals surface area contributed by atoms with Crippen LogP contribution in [-0.4, -0.2) is 32.0 Å². The van der Waals surface area contributed by atoms with Gasteiger partial charge in [0.1, 0.15) is 5.82 Å². The van der Waals surface area contributed by atoms with E-state index in [-0.39, 0.29) is 37.3 Å². The molecule has 98 valence electrons. The second-order valence-electron chi connectivity index (χ2n) is 3.74. The largest absolute Gasteiger partial charge is 0.354 e. The Morgan fingerprint density at radius 3 is 2.56 bits per heavy atom. The van der Waals surface area contributed by atoms with Crippen molar-refractivity contribution in [2.24, 2.45) is 0 Å². The number of amides is 2. The van der Waals surface area contributed by atoms with Crippen molar-refractivity contribution in [2.75, 3.05) is 20.1 Å². The van der Waals surface area contributed by atoms with E-state index in [1.807, 2.05) is 0 Å². The second-order valence-corrected chi connectivity index (χ2v) is 3.74. The Kier molecular flexibility index (Phi) is 5.79. The maximum Gasteiger partial charge on any atom is 0.275 e. The molecular formula is C12H17FN3O2+. The highest BCUT2D eigenvalue weighted by molar-refractivity contribution is 5.78. The second kappa shape index (κ2) is 7.39. The molecule has 0 aliphatic heterocycles. The van der Waals surface area contributed by atoms with Gasteiger partial charge in [-0.3, -0.25) is 9.59 Å². The van der Waals surface area contributed by atoms with Gasteiger partial charge in [0.05, 0.1) is 0 Å². The SMILES string of the molecule is CNC(=O)C[NH2+]CC(=O)NCc1ccccc1F. The van der Waals surface area contributed by atoms with Gasteiger partial charge in [-0.2, -0.15) is 0 Å². The average molecular weight is 254 g/mol. The molecule has 0 spiro atoms. The first-order valence-electron chi connectivity index (χ1n) is 5.66. The Morgan fingerprint density at radius 1 is 1.22 bits per heavy atom. The maximum absolute atomic E-state index is 13.2. The van der Waals surface area contributed by atoms with Crippen LogP contribution in [0, 0.1) is 5.82 Å². The number of benzene rings is 1. The molecular weight excluding hydrogens is 237 g/mol. The lowest BCUT2D eigenvalue weighted by molar-refractivity contribution is -0.633. The van der Waals surface area contributed by atoms with Crippen LogP contribution in [0.3, 0.4) is 0 Å². The van der Waals surface area contributed by atoms with Crippen molar-refractivity contribution < 1.29 is 19.3 Å². The molecule has 2 amide bonds. The normalized spacial score (nSPS) is 9.89. The summed E-state index contributed by atoms with van der Waals surface area (Å²) in [5.41, 5.74) is 0.442. The van der Waals surface area contributed by atoms with Crippen LogP contribution in [0.1, 0.15) is 5.56 Å². The Bertz CT molecular complexity index is 424. The van der Waals surface area contributed by atoms with Gasteiger partial charge in [-0.05, 0) is 6.07 Å². The van der Waals surface area contributed by atoms with E-state index < -0.39 is 0 Å². The molecule has 18 heavy (non-hydrogen) atoms. The lowest BCUT2D eigenvalue weighted by Crippen LogP contribution is -2.88. The molecule has 0 aromatic heterocycles. The third-order valence-electron chi connectivity index (χ3n) is 2.37. The zero-order valence-corrected chi connectivity index (χ0v) is 10.2. The predicted octanol–water partition coefficient (Wildman–Crippen LogP) is -1.25. The van der Waals surface area contributed by atoms with Crippen LogP contribution in [-0.2, 0) is 16.1 Å². The third-order valence-corrected chi connectivity index (χ3v) is 2.37. The Balaban J connectivity index is 2.25. The fourth-order valence-corrected chi connectivity index (χ4v) is 1.34. The molecule has 0 aliphatic carbocycles. The third kappa shape index (κ3) is 4.92. The van der Waals surface area contributed by atoms with Crippen LogP contribution in [0.5, 0.6) is 0 Å². The number of nitrogens with two attached hydrogens (primary N) is 1. The Labute approximate surface area is 105 Å². The van der Waals surface area contributed by atoms with Gasteiger partial charge in [-0.25, -0.2) is 4.39 Å². The van der Waals surface area contributed by atoms with E-state index >= 15 is 0 Å². The van der Waals surface area contributed by atoms with Crippen LogP contribution in [0.25, 0.3) is 0 Å². The maximum atomic E-state index is 13.2. The molecule has 5 nitrogen and oxygen atoms in total. The number of likely N-dealkylation sites (N-methyl/N-ethyl adjacent to an activating group) is 1. The van der Waals surface area contributed by atoms with E-state index in [4.69, 9.17) is 0 Å². The summed E-state index contributed by atoms with van der Waals surface area (Å²) in [6, 6.07) is 6.27. The number of hydrogen-bond donors (Lipinski definition) is 3. The highest BCUT2D eigenvalue weighted by Crippen LogP contribution is 2.04. The first kappa shape index (κ1) is 14.1. The quantitative estimate of drug-likeness (QED) is 0.593. The van der Waals surface area contributed by atoms with Gasteiger partial charge < -0.3 is 16.0 Å². The molecule has 0 fully saturated rings. The van der Waals surface area contributed by atoms with Gasteiger partial charge in [0.25, 0.3) is 11.8 Å². The fourth-order valence-electron chi connectivity index (χ4n) is 1.34. The smallest absolute Gasteiger partial charge is 0.275 e. The minimum Gasteiger partial charge on any atom is -0.354 e. The molecule has 0 saturated carbocycles. The van der Waals surface area contributed by atoms with Crippen molar-refractivity contribution in [3.63, 3.8) is 0 Å². The monoisotopic (exact) mass is 254 g/mol. The highest BCUT2D eigenvalue weighted by Gasteiger charge is 2.07. The number of carbonyl (C=O) groups excluding carboxylic acids is 2. The van der Waals surface area contributed by atoms with E-state index in [2.05, 4.69) is 10.6 Å². The summed E-state index contributed by atoms with van der Waals surface area (Å²) in [6.45, 7) is 0.491. The molecule has 0 heterocycles. The van der Waals surface area contributed by atoms with Crippen molar-refractivity contribution in [3.8, 4) is 0 Å². The molecule has 1 aromatic rings. The summed E-state index contributed by atoms with van der Waals surface area (Å²) in [5, 5.41) is 6.62. The van der Waals surface area contributed by atoms with Crippen LogP contribution in [0.2, 0.25) is 0 Å². The highest BCUT2D eigenvalue weighted by atomic mass is 19.1. The average Bonchev–Trinajstić information content (AvgIpc) is 2.37. The zero-order valence-electron chi connectivity index (χ0n) is 10.2. The van der Waals surface area contributed by atoms with Crippen LogP contribution < -0.4 is 16.0 Å². The van der Waals surface area contributed by atoms with Crippen LogP contribution >= 0.6 is 0 Å². The number of halogens is 1. The summed E-state index contributed by atoms with van der Waals surface area (Å²) >= 11 is 0. The van der Waals surface area contributed by atoms with E-state index in [0.717, 1.165) is 0 Å². The number of carbonyl (C=O) groups is 2. The predicted molar refractivity (Wildman–Crippen MR) is 64.0 cm³/mol. The van der Waals surface area contributed by atoms with Gasteiger partial charge in [0.2, 0.25) is 0 Å². The molecule has 0 saturated heterocycles. The number of rotatable bonds is 6. The lowest BCUT2D eigenvalue weighted by atomic mass is 10.2. The fraction of sp³-hybridized carbons (Fsp3) is 0.333. The molecule has 0 radical (unpaired) electrons. The Morgan fingerprint density at radius 2 is 1.89 bits per heavy atom. The van der Waals surface area contributed by atoms with Crippen molar-refractivity contribution in [2.45, 2.75) is 6.54 Å². The summed E-state index contributed by atoms with van der Waals surface area (Å²) in [4.78, 5) is 22.3. The molecule has 6 heteroatoms. The van der Waals surface area contributed by atoms with Gasteiger partial charge in [-0.1, -0.05) is 18.2 Å². The van der Waals surface area contributed by atoms with E-state index in [9.17, 15) is 14.0 Å². The summed E-state index contributed by atoms with van der Waals surface area (Å²) in [6.07, 6.45) is 0. The van der Waals surface area contributed by atoms with Gasteiger partial charge >= 0.3 is 0 Å². The standard InChI is InChI=1S/C12H16FN3O2/c1-14-11(17)7-15-8-12(18)16-6-9-4-2-3-5-10(9)13/h2-5,15H,6-8H2,1H3,(H,14,17)(H,16,18)/p+1. The zero-order chi connectivity index (χ0) is 13.4. The molecule has 0 unspecified atom stereocenters. The van der Waals surface area contributed by atoms with Crippen molar-refractivity contribution in [3.05, 3.63) is 35.6 Å². The topological polar surface area (TPSA) is 74.8 Å². The number of nitrogens with one attached hydrogen (secondary N) is 2. The molecule has 1 aromatic carbocycles. The number of quaternary nitrogens is 1. The summed E-state index contributed by atoms with van der Waals surface area (Å²) in [7, 11) is 1.54. The van der Waals surface area contributed by atoms with Crippen LogP contribution in [0.4, 0.5) is 4.39 Å². The summed E-state index contributed by atoms with van der Waals surface area (Å²) < 4.78 is 13.2. The first-order chi connectivity index (χ1) is 8.63. The molecule has 4 N–H and O–H groups in total. The van der Waals surface area contributed by atoms with Crippen molar-refractivity contribution in [1.29, 1.82) is 0 Å². The Hall–Kier alpha value is -1.95. The molecule has 1 rings (SSSR count). The van der Waals surface area contributed by atoms with E-state index in [1.54, 1.807) is 23.5 Å². The molecule has 0 bridgehead atoms. The van der Waals surface area contributed by atoms with Crippen LogP contribution in [0.15, 0.2) is 24.3 Å². The van der Waals surface area contributed by atoms with Gasteiger partial charge in [0, 0.05) is 19.2 Å². The van der Waals surface area contributed by atoms with Gasteiger partial charge in [-0.15, -0.1) is 0 Å². The molecule has 0 aliphatic rings. The number of hydrogen-bond acceptors (Lipinski definition) is 2. The van der Waals surface area contributed by atoms with E-state index in [1.165, 1.54) is 13.1 Å². The van der Waals surface area contributed by atoms with Crippen molar-refractivity contribution >= 4 is 11.8 Å². The van der Waals surface area contributed by atoms with E-state index in [0.29, 0.717) is 5.56 Å². The first-order valence-corrected chi connectivity index (χ1v) is 5.66. The minimum absolute atomic E-state index is 0.141.